The molecule has 0 bridgehead atoms. The van der Waals surface area contributed by atoms with Gasteiger partial charge in [-0.3, -0.25) is 10.1 Å². The van der Waals surface area contributed by atoms with E-state index in [1.165, 1.54) is 7.11 Å². The molecule has 1 rings (SSSR count). The topological polar surface area (TPSA) is 78.8 Å². The van der Waals surface area contributed by atoms with Crippen LogP contribution in [0.2, 0.25) is 0 Å². The number of carbonyl (C=O) groups is 1. The van der Waals surface area contributed by atoms with Crippen molar-refractivity contribution in [3.05, 3.63) is 35.4 Å². The first-order valence-corrected chi connectivity index (χ1v) is 5.31. The van der Waals surface area contributed by atoms with Gasteiger partial charge in [0.1, 0.15) is 6.04 Å². The minimum Gasteiger partial charge on any atom is -0.480 e. The fourth-order valence-electron chi connectivity index (χ4n) is 1.46. The van der Waals surface area contributed by atoms with Crippen LogP contribution in [0.1, 0.15) is 11.1 Å². The highest BCUT2D eigenvalue weighted by Crippen LogP contribution is 2.05. The third-order valence-corrected chi connectivity index (χ3v) is 2.36. The van der Waals surface area contributed by atoms with Gasteiger partial charge in [0, 0.05) is 13.7 Å². The lowest BCUT2D eigenvalue weighted by molar-refractivity contribution is -0.140. The van der Waals surface area contributed by atoms with Crippen molar-refractivity contribution in [2.45, 2.75) is 19.2 Å². The van der Waals surface area contributed by atoms with E-state index in [1.807, 2.05) is 24.3 Å². The first kappa shape index (κ1) is 13.6. The van der Waals surface area contributed by atoms with Crippen molar-refractivity contribution in [2.24, 2.45) is 0 Å². The normalized spacial score (nSPS) is 12.4. The lowest BCUT2D eigenvalue weighted by Crippen LogP contribution is -2.39. The third-order valence-electron chi connectivity index (χ3n) is 2.36. The second kappa shape index (κ2) is 7.01. The Labute approximate surface area is 100 Å². The van der Waals surface area contributed by atoms with Gasteiger partial charge >= 0.3 is 5.97 Å². The number of benzene rings is 1. The highest BCUT2D eigenvalue weighted by Gasteiger charge is 2.15. The number of hydrogen-bond acceptors (Lipinski definition) is 4. The Morgan fingerprint density at radius 1 is 1.47 bits per heavy atom. The molecular weight excluding hydrogens is 222 g/mol. The van der Waals surface area contributed by atoms with Crippen LogP contribution in [0.4, 0.5) is 0 Å². The number of aliphatic carboxylic acids is 1. The summed E-state index contributed by atoms with van der Waals surface area (Å²) in [6, 6.07) is 6.62. The Hall–Kier alpha value is -1.43. The number of aliphatic hydroxyl groups is 1. The minimum absolute atomic E-state index is 0.0196. The van der Waals surface area contributed by atoms with E-state index in [9.17, 15) is 4.79 Å². The van der Waals surface area contributed by atoms with Crippen molar-refractivity contribution < 1.29 is 19.7 Å². The van der Waals surface area contributed by atoms with Crippen LogP contribution in [-0.4, -0.2) is 35.9 Å². The van der Waals surface area contributed by atoms with Crippen LogP contribution >= 0.6 is 0 Å². The fourth-order valence-corrected chi connectivity index (χ4v) is 1.46. The molecule has 5 heteroatoms. The van der Waals surface area contributed by atoms with E-state index in [-0.39, 0.29) is 13.2 Å². The Morgan fingerprint density at radius 3 is 2.76 bits per heavy atom. The molecule has 0 saturated heterocycles. The van der Waals surface area contributed by atoms with Gasteiger partial charge in [-0.05, 0) is 11.1 Å². The minimum atomic E-state index is -0.940. The van der Waals surface area contributed by atoms with Gasteiger partial charge in [0.05, 0.1) is 13.2 Å². The smallest absolute Gasteiger partial charge is 0.323 e. The Morgan fingerprint density at radius 2 is 2.18 bits per heavy atom. The average molecular weight is 239 g/mol. The van der Waals surface area contributed by atoms with Gasteiger partial charge < -0.3 is 14.9 Å². The van der Waals surface area contributed by atoms with Crippen molar-refractivity contribution >= 4 is 5.97 Å². The number of carboxylic acids is 1. The summed E-state index contributed by atoms with van der Waals surface area (Å²) in [5.74, 6) is -0.940. The fraction of sp³-hybridized carbons (Fsp3) is 0.417. The van der Waals surface area contributed by atoms with Crippen LogP contribution in [0.3, 0.4) is 0 Å². The molecule has 3 N–H and O–H groups in total. The predicted molar refractivity (Wildman–Crippen MR) is 62.5 cm³/mol. The Balaban J connectivity index is 2.55. The lowest BCUT2D eigenvalue weighted by atomic mass is 10.1. The molecule has 0 aliphatic heterocycles. The highest BCUT2D eigenvalue weighted by atomic mass is 16.5. The van der Waals surface area contributed by atoms with Gasteiger partial charge in [0.2, 0.25) is 0 Å². The standard InChI is InChI=1S/C12H17NO4/c1-17-8-11(12(15)16)13-6-9-3-2-4-10(5-9)7-14/h2-5,11,13-14H,6-8H2,1H3,(H,15,16). The molecule has 0 saturated carbocycles. The first-order chi connectivity index (χ1) is 8.17. The zero-order valence-electron chi connectivity index (χ0n) is 9.72. The molecule has 0 spiro atoms. The summed E-state index contributed by atoms with van der Waals surface area (Å²) in [5.41, 5.74) is 1.74. The molecule has 1 aromatic rings. The maximum absolute atomic E-state index is 10.9. The van der Waals surface area contributed by atoms with Gasteiger partial charge in [-0.15, -0.1) is 0 Å². The van der Waals surface area contributed by atoms with Gasteiger partial charge in [0.15, 0.2) is 0 Å². The largest absolute Gasteiger partial charge is 0.480 e. The van der Waals surface area contributed by atoms with E-state index >= 15 is 0 Å². The van der Waals surface area contributed by atoms with Crippen LogP contribution in [0.5, 0.6) is 0 Å². The molecule has 1 unspecified atom stereocenters. The van der Waals surface area contributed by atoms with Crippen LogP contribution in [0, 0.1) is 0 Å². The monoisotopic (exact) mass is 239 g/mol. The van der Waals surface area contributed by atoms with Crippen molar-refractivity contribution in [2.75, 3.05) is 13.7 Å². The van der Waals surface area contributed by atoms with Crippen LogP contribution in [0.15, 0.2) is 24.3 Å². The predicted octanol–water partition coefficient (Wildman–Crippen LogP) is 0.368. The van der Waals surface area contributed by atoms with E-state index in [2.05, 4.69) is 5.32 Å². The molecule has 1 aromatic carbocycles. The molecule has 0 aliphatic rings. The number of ether oxygens (including phenoxy) is 1. The number of hydrogen-bond donors (Lipinski definition) is 3. The van der Waals surface area contributed by atoms with E-state index in [0.29, 0.717) is 6.54 Å². The Kier molecular flexibility index (Phi) is 5.62. The third kappa shape index (κ3) is 4.52. The molecule has 17 heavy (non-hydrogen) atoms. The molecular formula is C12H17NO4. The maximum atomic E-state index is 10.9. The van der Waals surface area contributed by atoms with Gasteiger partial charge in [0.25, 0.3) is 0 Å². The second-order valence-corrected chi connectivity index (χ2v) is 3.71. The molecule has 5 nitrogen and oxygen atoms in total. The van der Waals surface area contributed by atoms with Gasteiger partial charge in [-0.1, -0.05) is 24.3 Å². The number of methoxy groups -OCH3 is 1. The zero-order valence-corrected chi connectivity index (χ0v) is 9.72. The number of rotatable bonds is 7. The summed E-state index contributed by atoms with van der Waals surface area (Å²) in [5, 5.41) is 20.8. The molecule has 0 radical (unpaired) electrons. The van der Waals surface area contributed by atoms with Gasteiger partial charge in [-0.2, -0.15) is 0 Å². The summed E-state index contributed by atoms with van der Waals surface area (Å²) in [6.45, 7) is 0.525. The zero-order chi connectivity index (χ0) is 12.7. The summed E-state index contributed by atoms with van der Waals surface area (Å²) >= 11 is 0. The molecule has 0 aromatic heterocycles. The second-order valence-electron chi connectivity index (χ2n) is 3.71. The lowest BCUT2D eigenvalue weighted by Gasteiger charge is -2.13. The SMILES string of the molecule is COCC(NCc1cccc(CO)c1)C(=O)O. The average Bonchev–Trinajstić information content (AvgIpc) is 2.34. The van der Waals surface area contributed by atoms with E-state index in [4.69, 9.17) is 14.9 Å². The molecule has 0 amide bonds. The van der Waals surface area contributed by atoms with Crippen molar-refractivity contribution in [1.82, 2.24) is 5.32 Å². The summed E-state index contributed by atoms with van der Waals surface area (Å²) in [6.07, 6.45) is 0. The van der Waals surface area contributed by atoms with Crippen molar-refractivity contribution in [3.63, 3.8) is 0 Å². The number of aliphatic hydroxyl groups excluding tert-OH is 1. The summed E-state index contributed by atoms with van der Waals surface area (Å²) in [4.78, 5) is 10.9. The van der Waals surface area contributed by atoms with Crippen molar-refractivity contribution in [3.8, 4) is 0 Å². The number of carboxylic acid groups (broad SMARTS) is 1. The number of nitrogens with one attached hydrogen (secondary N) is 1. The molecule has 1 atom stereocenters. The van der Waals surface area contributed by atoms with E-state index in [1.54, 1.807) is 0 Å². The molecule has 0 fully saturated rings. The van der Waals surface area contributed by atoms with Crippen LogP contribution in [0.25, 0.3) is 0 Å². The highest BCUT2D eigenvalue weighted by molar-refractivity contribution is 5.73. The molecule has 0 heterocycles. The maximum Gasteiger partial charge on any atom is 0.323 e. The molecule has 94 valence electrons. The van der Waals surface area contributed by atoms with Crippen molar-refractivity contribution in [1.29, 1.82) is 0 Å². The summed E-state index contributed by atoms with van der Waals surface area (Å²) in [7, 11) is 1.46. The Bertz CT molecular complexity index is 367. The van der Waals surface area contributed by atoms with E-state index < -0.39 is 12.0 Å². The summed E-state index contributed by atoms with van der Waals surface area (Å²) < 4.78 is 4.82. The van der Waals surface area contributed by atoms with Gasteiger partial charge in [-0.25, -0.2) is 0 Å². The first-order valence-electron chi connectivity index (χ1n) is 5.31. The van der Waals surface area contributed by atoms with E-state index in [0.717, 1.165) is 11.1 Å². The molecule has 0 aliphatic carbocycles. The van der Waals surface area contributed by atoms with Crippen LogP contribution < -0.4 is 5.32 Å². The van der Waals surface area contributed by atoms with Crippen LogP contribution in [-0.2, 0) is 22.7 Å². The quantitative estimate of drug-likeness (QED) is 0.640.